The van der Waals surface area contributed by atoms with E-state index in [0.717, 1.165) is 17.7 Å². The lowest BCUT2D eigenvalue weighted by Crippen LogP contribution is -2.42. The Kier molecular flexibility index (Phi) is 4.39. The van der Waals surface area contributed by atoms with Crippen molar-refractivity contribution in [2.45, 2.75) is 31.2 Å². The summed E-state index contributed by atoms with van der Waals surface area (Å²) in [5, 5.41) is 9.85. The summed E-state index contributed by atoms with van der Waals surface area (Å²) >= 11 is 0. The summed E-state index contributed by atoms with van der Waals surface area (Å²) in [6.07, 6.45) is -5.05. The molecule has 12 heteroatoms. The number of nitrogens with zero attached hydrogens (tertiary/aromatic N) is 2. The molecular formula is C10H15FN3O7P. The lowest BCUT2D eigenvalue weighted by Gasteiger charge is -2.24. The second-order valence-electron chi connectivity index (χ2n) is 4.96. The summed E-state index contributed by atoms with van der Waals surface area (Å²) in [7, 11) is -4.53. The zero-order chi connectivity index (χ0) is 16.7. The van der Waals surface area contributed by atoms with Gasteiger partial charge >= 0.3 is 13.3 Å². The van der Waals surface area contributed by atoms with Crippen LogP contribution in [-0.2, 0) is 14.0 Å². The molecule has 0 saturated carbocycles. The van der Waals surface area contributed by atoms with E-state index in [4.69, 9.17) is 25.0 Å². The van der Waals surface area contributed by atoms with E-state index in [0.29, 0.717) is 0 Å². The van der Waals surface area contributed by atoms with Gasteiger partial charge in [-0.2, -0.15) is 4.98 Å². The Hall–Kier alpha value is -1.36. The Labute approximate surface area is 123 Å². The zero-order valence-electron chi connectivity index (χ0n) is 11.4. The van der Waals surface area contributed by atoms with Crippen LogP contribution in [0, 0.1) is 0 Å². The van der Waals surface area contributed by atoms with E-state index in [-0.39, 0.29) is 5.82 Å². The number of halogens is 1. The van der Waals surface area contributed by atoms with Gasteiger partial charge in [0, 0.05) is 6.20 Å². The van der Waals surface area contributed by atoms with Gasteiger partial charge in [-0.15, -0.1) is 0 Å². The highest BCUT2D eigenvalue weighted by Gasteiger charge is 2.56. The van der Waals surface area contributed by atoms with Crippen molar-refractivity contribution >= 4 is 13.4 Å². The zero-order valence-corrected chi connectivity index (χ0v) is 12.3. The van der Waals surface area contributed by atoms with Crippen LogP contribution in [0.5, 0.6) is 0 Å². The Balaban J connectivity index is 2.26. The van der Waals surface area contributed by atoms with Crippen LogP contribution < -0.4 is 11.4 Å². The molecule has 1 fully saturated rings. The maximum absolute atomic E-state index is 14.6. The van der Waals surface area contributed by atoms with Crippen molar-refractivity contribution in [3.63, 3.8) is 0 Å². The van der Waals surface area contributed by atoms with Crippen molar-refractivity contribution in [2.75, 3.05) is 12.1 Å². The Morgan fingerprint density at radius 3 is 2.82 bits per heavy atom. The molecule has 1 aliphatic heterocycles. The highest BCUT2D eigenvalue weighted by Crippen LogP contribution is 2.43. The first kappa shape index (κ1) is 17.0. The number of aliphatic hydroxyl groups is 1. The molecule has 0 bridgehead atoms. The Bertz CT molecular complexity index is 660. The minimum atomic E-state index is -4.53. The summed E-state index contributed by atoms with van der Waals surface area (Å²) in [6.45, 7) is 0.964. The molecule has 4 unspecified atom stereocenters. The lowest BCUT2D eigenvalue weighted by molar-refractivity contribution is -0.168. The Morgan fingerprint density at radius 2 is 2.27 bits per heavy atom. The number of aromatic nitrogens is 2. The van der Waals surface area contributed by atoms with Crippen molar-refractivity contribution in [3.8, 4) is 0 Å². The first-order chi connectivity index (χ1) is 10.0. The number of aliphatic hydroxyl groups excluding tert-OH is 1. The third-order valence-corrected chi connectivity index (χ3v) is 3.58. The van der Waals surface area contributed by atoms with Crippen LogP contribution in [0.15, 0.2) is 17.1 Å². The molecule has 4 atom stereocenters. The van der Waals surface area contributed by atoms with Gasteiger partial charge in [-0.05, 0) is 13.0 Å². The molecule has 22 heavy (non-hydrogen) atoms. The normalized spacial score (nSPS) is 32.3. The fourth-order valence-electron chi connectivity index (χ4n) is 1.99. The summed E-state index contributed by atoms with van der Waals surface area (Å²) in [6, 6.07) is 1.23. The fraction of sp³-hybridized carbons (Fsp3) is 0.600. The summed E-state index contributed by atoms with van der Waals surface area (Å²) in [5.74, 6) is -0.0744. The van der Waals surface area contributed by atoms with Crippen LogP contribution in [0.1, 0.15) is 13.2 Å². The second-order valence-corrected chi connectivity index (χ2v) is 6.54. The average Bonchev–Trinajstić information content (AvgIpc) is 2.59. The SMILES string of the molecule is CC1(F)C(O)C(OCP(=O)(O)O)OC1n1ccc(N)nc1=O. The van der Waals surface area contributed by atoms with Crippen molar-refractivity contribution in [1.82, 2.24) is 9.55 Å². The molecular weight excluding hydrogens is 324 g/mol. The van der Waals surface area contributed by atoms with Crippen LogP contribution in [-0.4, -0.2) is 48.9 Å². The Morgan fingerprint density at radius 1 is 1.64 bits per heavy atom. The highest BCUT2D eigenvalue weighted by atomic mass is 31.2. The molecule has 1 saturated heterocycles. The second kappa shape index (κ2) is 5.69. The van der Waals surface area contributed by atoms with Crippen molar-refractivity contribution in [3.05, 3.63) is 22.7 Å². The van der Waals surface area contributed by atoms with Crippen LogP contribution in [0.3, 0.4) is 0 Å². The standard InChI is InChI=1S/C10H15FN3O7P/c1-10(11)6(15)7(20-4-22(17,18)19)21-8(10)14-3-2-5(12)13-9(14)16/h2-3,6-8,15H,4H2,1H3,(H2,12,13,16)(H2,17,18,19). The van der Waals surface area contributed by atoms with Gasteiger partial charge in [0.05, 0.1) is 0 Å². The molecule has 2 heterocycles. The van der Waals surface area contributed by atoms with Crippen LogP contribution >= 0.6 is 7.60 Å². The van der Waals surface area contributed by atoms with Crippen molar-refractivity contribution < 1.29 is 33.3 Å². The highest BCUT2D eigenvalue weighted by molar-refractivity contribution is 7.51. The predicted octanol–water partition coefficient (Wildman–Crippen LogP) is -1.08. The van der Waals surface area contributed by atoms with E-state index in [2.05, 4.69) is 4.98 Å². The molecule has 2 rings (SSSR count). The predicted molar refractivity (Wildman–Crippen MR) is 70.3 cm³/mol. The largest absolute Gasteiger partial charge is 0.384 e. The molecule has 0 radical (unpaired) electrons. The van der Waals surface area contributed by atoms with E-state index >= 15 is 0 Å². The number of nitrogen functional groups attached to an aromatic ring is 1. The number of anilines is 1. The molecule has 0 aliphatic carbocycles. The minimum Gasteiger partial charge on any atom is -0.384 e. The number of nitrogens with two attached hydrogens (primary N) is 1. The summed E-state index contributed by atoms with van der Waals surface area (Å²) < 4.78 is 35.9. The first-order valence-corrected chi connectivity index (χ1v) is 7.85. The third kappa shape index (κ3) is 3.35. The minimum absolute atomic E-state index is 0.0744. The molecule has 5 N–H and O–H groups in total. The summed E-state index contributed by atoms with van der Waals surface area (Å²) in [4.78, 5) is 32.6. The van der Waals surface area contributed by atoms with Crippen LogP contribution in [0.25, 0.3) is 0 Å². The monoisotopic (exact) mass is 339 g/mol. The maximum atomic E-state index is 14.6. The molecule has 1 aliphatic rings. The van der Waals surface area contributed by atoms with Gasteiger partial charge in [0.15, 0.2) is 24.5 Å². The molecule has 10 nitrogen and oxygen atoms in total. The van der Waals surface area contributed by atoms with Crippen molar-refractivity contribution in [2.24, 2.45) is 0 Å². The topological polar surface area (TPSA) is 157 Å². The molecule has 0 amide bonds. The van der Waals surface area contributed by atoms with Gasteiger partial charge in [0.2, 0.25) is 0 Å². The van der Waals surface area contributed by atoms with Crippen molar-refractivity contribution in [1.29, 1.82) is 0 Å². The van der Waals surface area contributed by atoms with Gasteiger partial charge in [0.1, 0.15) is 11.9 Å². The molecule has 1 aromatic heterocycles. The lowest BCUT2D eigenvalue weighted by atomic mass is 10.0. The van der Waals surface area contributed by atoms with Gasteiger partial charge in [-0.1, -0.05) is 0 Å². The quantitative estimate of drug-likeness (QED) is 0.501. The van der Waals surface area contributed by atoms with E-state index < -0.39 is 43.9 Å². The first-order valence-electron chi connectivity index (χ1n) is 6.05. The number of alkyl halides is 1. The maximum Gasteiger partial charge on any atom is 0.351 e. The number of hydrogen-bond donors (Lipinski definition) is 4. The average molecular weight is 339 g/mol. The van der Waals surface area contributed by atoms with E-state index in [1.165, 1.54) is 6.07 Å². The van der Waals surface area contributed by atoms with Crippen LogP contribution in [0.4, 0.5) is 10.2 Å². The van der Waals surface area contributed by atoms with E-state index in [1.807, 2.05) is 0 Å². The molecule has 0 aromatic carbocycles. The number of ether oxygens (including phenoxy) is 2. The van der Waals surface area contributed by atoms with Gasteiger partial charge in [-0.25, -0.2) is 9.18 Å². The van der Waals surface area contributed by atoms with Gasteiger partial charge in [-0.3, -0.25) is 9.13 Å². The van der Waals surface area contributed by atoms with Gasteiger partial charge < -0.3 is 30.1 Å². The third-order valence-electron chi connectivity index (χ3n) is 3.09. The summed E-state index contributed by atoms with van der Waals surface area (Å²) in [5.41, 5.74) is 1.96. The molecule has 1 aromatic rings. The smallest absolute Gasteiger partial charge is 0.351 e. The fourth-order valence-corrected chi connectivity index (χ4v) is 2.33. The van der Waals surface area contributed by atoms with Gasteiger partial charge in [0.25, 0.3) is 0 Å². The molecule has 124 valence electrons. The van der Waals surface area contributed by atoms with Crippen LogP contribution in [0.2, 0.25) is 0 Å². The van der Waals surface area contributed by atoms with E-state index in [9.17, 15) is 18.9 Å². The van der Waals surface area contributed by atoms with E-state index in [1.54, 1.807) is 0 Å². The molecule has 0 spiro atoms. The number of rotatable bonds is 4. The number of hydrogen-bond acceptors (Lipinski definition) is 7.